The number of aryl methyl sites for hydroxylation is 1. The van der Waals surface area contributed by atoms with E-state index in [2.05, 4.69) is 20.7 Å². The molecule has 0 radical (unpaired) electrons. The summed E-state index contributed by atoms with van der Waals surface area (Å²) in [7, 11) is 1.38. The Balaban J connectivity index is 2.13. The second-order valence-corrected chi connectivity index (χ2v) is 6.18. The number of hydrogen-bond donors (Lipinski definition) is 2. The summed E-state index contributed by atoms with van der Waals surface area (Å²) in [5, 5.41) is 9.58. The van der Waals surface area contributed by atoms with Gasteiger partial charge < -0.3 is 20.1 Å². The molecule has 0 unspecified atom stereocenters. The van der Waals surface area contributed by atoms with E-state index in [0.717, 1.165) is 0 Å². The number of anilines is 2. The molecule has 0 saturated carbocycles. The van der Waals surface area contributed by atoms with Crippen molar-refractivity contribution in [1.82, 2.24) is 20.1 Å². The molecule has 0 spiro atoms. The zero-order chi connectivity index (χ0) is 22.2. The molecule has 2 N–H and O–H groups in total. The third kappa shape index (κ3) is 5.04. The highest BCUT2D eigenvalue weighted by atomic mass is 16.7. The minimum absolute atomic E-state index is 0.0198. The van der Waals surface area contributed by atoms with E-state index in [4.69, 9.17) is 9.47 Å². The number of carbonyl (C=O) groups excluding carboxylic acids is 2. The zero-order valence-electron chi connectivity index (χ0n) is 17.0. The number of ether oxygens (including phenoxy) is 2. The lowest BCUT2D eigenvalue weighted by atomic mass is 10.0. The molecule has 31 heavy (non-hydrogen) atoms. The number of pyridine rings is 1. The largest absolute Gasteiger partial charge is 0.424 e. The zero-order valence-corrected chi connectivity index (χ0v) is 17.0. The lowest BCUT2D eigenvalue weighted by Crippen LogP contribution is -2.29. The minimum atomic E-state index is -0.873. The third-order valence-corrected chi connectivity index (χ3v) is 4.22. The first-order chi connectivity index (χ1) is 15.0. The van der Waals surface area contributed by atoms with Crippen LogP contribution in [-0.2, 0) is 16.0 Å². The van der Waals surface area contributed by atoms with Gasteiger partial charge in [-0.1, -0.05) is 30.3 Å². The van der Waals surface area contributed by atoms with Gasteiger partial charge in [0.05, 0.1) is 11.9 Å². The van der Waals surface area contributed by atoms with E-state index in [1.165, 1.54) is 17.9 Å². The first-order valence-electron chi connectivity index (χ1n) is 9.44. The van der Waals surface area contributed by atoms with E-state index in [-0.39, 0.29) is 23.5 Å². The molecular formula is C21H21N5O5. The van der Waals surface area contributed by atoms with Crippen molar-refractivity contribution in [2.24, 2.45) is 0 Å². The number of amides is 1. The Morgan fingerprint density at radius 2 is 1.87 bits per heavy atom. The normalized spacial score (nSPS) is 10.3. The topological polar surface area (TPSA) is 124 Å². The number of benzene rings is 1. The number of rotatable bonds is 7. The summed E-state index contributed by atoms with van der Waals surface area (Å²) in [4.78, 5) is 41.3. The fourth-order valence-corrected chi connectivity index (χ4v) is 2.76. The molecule has 0 aliphatic heterocycles. The standard InChI is InChI=1S/C21H21N5O5/c1-3-26-19(27)18(24-15-10-7-11-23-12-15)16(20(28)30-13-31-21(29)22-2)17(25-26)14-8-5-4-6-9-14/h4-12,24H,3,13H2,1-2H3,(H,22,29). The minimum Gasteiger partial charge on any atom is -0.424 e. The van der Waals surface area contributed by atoms with E-state index >= 15 is 0 Å². The number of aromatic nitrogens is 3. The van der Waals surface area contributed by atoms with Gasteiger partial charge in [-0.25, -0.2) is 14.3 Å². The molecule has 0 bridgehead atoms. The Hall–Kier alpha value is -4.21. The highest BCUT2D eigenvalue weighted by Gasteiger charge is 2.26. The van der Waals surface area contributed by atoms with E-state index in [1.54, 1.807) is 49.5 Å². The molecule has 0 aliphatic carbocycles. The van der Waals surface area contributed by atoms with Crippen LogP contribution in [0.2, 0.25) is 0 Å². The molecular weight excluding hydrogens is 402 g/mol. The fourth-order valence-electron chi connectivity index (χ4n) is 2.76. The smallest absolute Gasteiger partial charge is 0.409 e. The van der Waals surface area contributed by atoms with E-state index < -0.39 is 24.4 Å². The maximum Gasteiger partial charge on any atom is 0.409 e. The van der Waals surface area contributed by atoms with Crippen molar-refractivity contribution in [2.45, 2.75) is 13.5 Å². The Labute approximate surface area is 177 Å². The lowest BCUT2D eigenvalue weighted by Gasteiger charge is -2.17. The summed E-state index contributed by atoms with van der Waals surface area (Å²) in [6, 6.07) is 12.3. The Morgan fingerprint density at radius 1 is 1.10 bits per heavy atom. The van der Waals surface area contributed by atoms with E-state index in [1.807, 2.05) is 6.07 Å². The molecule has 0 atom stereocenters. The van der Waals surface area contributed by atoms with Crippen LogP contribution in [-0.4, -0.2) is 40.7 Å². The third-order valence-electron chi connectivity index (χ3n) is 4.22. The van der Waals surface area contributed by atoms with Gasteiger partial charge >= 0.3 is 12.1 Å². The predicted molar refractivity (Wildman–Crippen MR) is 113 cm³/mol. The van der Waals surface area contributed by atoms with Gasteiger partial charge in [-0.15, -0.1) is 0 Å². The number of alkyl carbamates (subject to hydrolysis) is 1. The van der Waals surface area contributed by atoms with E-state index in [0.29, 0.717) is 11.3 Å². The first kappa shape index (κ1) is 21.5. The van der Waals surface area contributed by atoms with Crippen molar-refractivity contribution in [3.05, 3.63) is 70.8 Å². The maximum atomic E-state index is 13.1. The van der Waals surface area contributed by atoms with Crippen molar-refractivity contribution in [2.75, 3.05) is 19.2 Å². The quantitative estimate of drug-likeness (QED) is 0.439. The van der Waals surface area contributed by atoms with Crippen LogP contribution in [0.1, 0.15) is 17.3 Å². The second-order valence-electron chi connectivity index (χ2n) is 6.18. The maximum absolute atomic E-state index is 13.1. The predicted octanol–water partition coefficient (Wildman–Crippen LogP) is 2.54. The van der Waals surface area contributed by atoms with Crippen LogP contribution in [0.3, 0.4) is 0 Å². The SMILES string of the molecule is CCn1nc(-c2ccccc2)c(C(=O)OCOC(=O)NC)c(Nc2cccnc2)c1=O. The van der Waals surface area contributed by atoms with Gasteiger partial charge in [0, 0.05) is 25.4 Å². The van der Waals surface area contributed by atoms with Crippen LogP contribution in [0.15, 0.2) is 59.7 Å². The molecule has 2 aromatic heterocycles. The van der Waals surface area contributed by atoms with Crippen molar-refractivity contribution < 1.29 is 19.1 Å². The summed E-state index contributed by atoms with van der Waals surface area (Å²) in [5.74, 6) is -0.873. The lowest BCUT2D eigenvalue weighted by molar-refractivity contribution is -0.00173. The van der Waals surface area contributed by atoms with Crippen molar-refractivity contribution >= 4 is 23.4 Å². The van der Waals surface area contributed by atoms with Gasteiger partial charge in [0.25, 0.3) is 5.56 Å². The summed E-state index contributed by atoms with van der Waals surface area (Å²) in [6.45, 7) is 1.43. The fraction of sp³-hybridized carbons (Fsp3) is 0.190. The highest BCUT2D eigenvalue weighted by molar-refractivity contribution is 6.02. The van der Waals surface area contributed by atoms with Gasteiger partial charge in [0.1, 0.15) is 16.9 Å². The molecule has 3 rings (SSSR count). The van der Waals surface area contributed by atoms with Gasteiger partial charge in [0.15, 0.2) is 0 Å². The number of nitrogens with one attached hydrogen (secondary N) is 2. The van der Waals surface area contributed by atoms with Crippen LogP contribution < -0.4 is 16.2 Å². The van der Waals surface area contributed by atoms with Crippen molar-refractivity contribution in [3.8, 4) is 11.3 Å². The van der Waals surface area contributed by atoms with Crippen LogP contribution in [0.4, 0.5) is 16.2 Å². The average molecular weight is 423 g/mol. The summed E-state index contributed by atoms with van der Waals surface area (Å²) in [6.07, 6.45) is 2.34. The van der Waals surface area contributed by atoms with Gasteiger partial charge in [-0.05, 0) is 19.1 Å². The van der Waals surface area contributed by atoms with Crippen LogP contribution in [0, 0.1) is 0 Å². The van der Waals surface area contributed by atoms with E-state index in [9.17, 15) is 14.4 Å². The van der Waals surface area contributed by atoms with Gasteiger partial charge in [-0.3, -0.25) is 9.78 Å². The van der Waals surface area contributed by atoms with Crippen molar-refractivity contribution in [3.63, 3.8) is 0 Å². The molecule has 1 aromatic carbocycles. The van der Waals surface area contributed by atoms with Crippen molar-refractivity contribution in [1.29, 1.82) is 0 Å². The number of carbonyl (C=O) groups is 2. The summed E-state index contributed by atoms with van der Waals surface area (Å²) < 4.78 is 11.1. The first-order valence-corrected chi connectivity index (χ1v) is 9.44. The van der Waals surface area contributed by atoms with Gasteiger partial charge in [0.2, 0.25) is 6.79 Å². The Morgan fingerprint density at radius 3 is 2.52 bits per heavy atom. The Bertz CT molecular complexity index is 1120. The molecule has 0 saturated heterocycles. The molecule has 10 heteroatoms. The molecule has 0 aliphatic rings. The van der Waals surface area contributed by atoms with Crippen LogP contribution >= 0.6 is 0 Å². The van der Waals surface area contributed by atoms with Crippen LogP contribution in [0.25, 0.3) is 11.3 Å². The molecule has 160 valence electrons. The second kappa shape index (κ2) is 10.0. The molecule has 2 heterocycles. The number of hydrogen-bond acceptors (Lipinski definition) is 8. The summed E-state index contributed by atoms with van der Waals surface area (Å²) in [5.41, 5.74) is 0.753. The Kier molecular flexibility index (Phi) is 6.94. The average Bonchev–Trinajstić information content (AvgIpc) is 2.81. The molecule has 10 nitrogen and oxygen atoms in total. The number of nitrogens with zero attached hydrogens (tertiary/aromatic N) is 3. The summed E-state index contributed by atoms with van der Waals surface area (Å²) >= 11 is 0. The van der Waals surface area contributed by atoms with Crippen LogP contribution in [0.5, 0.6) is 0 Å². The van der Waals surface area contributed by atoms with Gasteiger partial charge in [-0.2, -0.15) is 5.10 Å². The monoisotopic (exact) mass is 423 g/mol. The molecule has 0 fully saturated rings. The number of esters is 1. The molecule has 3 aromatic rings. The highest BCUT2D eigenvalue weighted by Crippen LogP contribution is 2.27. The molecule has 1 amide bonds.